The van der Waals surface area contributed by atoms with Gasteiger partial charge in [0.25, 0.3) is 0 Å². The van der Waals surface area contributed by atoms with Crippen molar-refractivity contribution in [3.8, 4) is 34.8 Å². The molecule has 2 aromatic rings. The summed E-state index contributed by atoms with van der Waals surface area (Å²) in [4.78, 5) is 4.69. The van der Waals surface area contributed by atoms with Gasteiger partial charge < -0.3 is 37.9 Å². The third-order valence-corrected chi connectivity index (χ3v) is 9.99. The minimum absolute atomic E-state index is 0.0783. The first-order chi connectivity index (χ1) is 22.1. The van der Waals surface area contributed by atoms with Crippen LogP contribution in [0.5, 0.6) is 28.7 Å². The van der Waals surface area contributed by atoms with E-state index in [1.807, 2.05) is 27.7 Å². The van der Waals surface area contributed by atoms with Crippen molar-refractivity contribution >= 4 is 0 Å². The number of methoxy groups -OCH3 is 3. The summed E-state index contributed by atoms with van der Waals surface area (Å²) in [7, 11) is 7.02. The Balaban J connectivity index is 1.61. The van der Waals surface area contributed by atoms with Crippen LogP contribution < -0.4 is 23.7 Å². The normalized spacial score (nSPS) is 24.8. The lowest BCUT2D eigenvalue weighted by Crippen LogP contribution is -2.68. The van der Waals surface area contributed by atoms with Crippen LogP contribution in [-0.4, -0.2) is 88.9 Å². The molecule has 1 saturated heterocycles. The zero-order valence-electron chi connectivity index (χ0n) is 28.1. The molecule has 11 nitrogen and oxygen atoms in total. The van der Waals surface area contributed by atoms with Crippen LogP contribution in [0.2, 0.25) is 0 Å². The number of likely N-dealkylation sites (N-methyl/N-ethyl adjacent to an activating group) is 1. The second-order valence-electron chi connectivity index (χ2n) is 12.8. The molecule has 248 valence electrons. The molecule has 46 heavy (non-hydrogen) atoms. The Morgan fingerprint density at radius 2 is 1.80 bits per heavy atom. The smallest absolute Gasteiger partial charge is 0.231 e. The summed E-state index contributed by atoms with van der Waals surface area (Å²) in [5.74, 6) is 2.60. The summed E-state index contributed by atoms with van der Waals surface area (Å²) < 4.78 is 48.4. The monoisotopic (exact) mass is 635 g/mol. The van der Waals surface area contributed by atoms with Crippen LogP contribution in [0.25, 0.3) is 0 Å². The largest absolute Gasteiger partial charge is 0.493 e. The summed E-state index contributed by atoms with van der Waals surface area (Å²) in [5, 5.41) is 10.9. The molecule has 2 bridgehead atoms. The van der Waals surface area contributed by atoms with Crippen LogP contribution in [0.3, 0.4) is 0 Å². The summed E-state index contributed by atoms with van der Waals surface area (Å²) in [6.45, 7) is 12.5. The first kappa shape index (κ1) is 32.4. The Bertz CT molecular complexity index is 1550. The van der Waals surface area contributed by atoms with E-state index >= 15 is 0 Å². The zero-order valence-corrected chi connectivity index (χ0v) is 28.1. The van der Waals surface area contributed by atoms with Gasteiger partial charge in [0.1, 0.15) is 18.4 Å². The Labute approximate surface area is 271 Å². The van der Waals surface area contributed by atoms with Gasteiger partial charge in [-0.15, -0.1) is 0 Å². The average molecular weight is 636 g/mol. The van der Waals surface area contributed by atoms with E-state index < -0.39 is 11.8 Å². The molecule has 4 unspecified atom stereocenters. The van der Waals surface area contributed by atoms with Crippen LogP contribution >= 0.6 is 0 Å². The number of fused-ring (bicyclic) bond motifs is 9. The minimum atomic E-state index is -0.857. The number of hydrogen-bond acceptors (Lipinski definition) is 11. The fourth-order valence-corrected chi connectivity index (χ4v) is 7.90. The number of aryl methyl sites for hydroxylation is 1. The van der Waals surface area contributed by atoms with E-state index in [-0.39, 0.29) is 44.4 Å². The maximum atomic E-state index is 10.9. The molecule has 0 saturated carbocycles. The SMILES string of the molecule is C=CCOc1c(C)c2c(c3c1CC1C4c5c(cc(C)c(OC)c5OCOC)CC(C(C#N)N1[C@H]3COC(C)(C)OC)N4C)OCO2. The molecule has 2 aromatic carbocycles. The van der Waals surface area contributed by atoms with E-state index in [9.17, 15) is 5.26 Å². The third kappa shape index (κ3) is 5.07. The lowest BCUT2D eigenvalue weighted by molar-refractivity contribution is -0.212. The number of ether oxygens (including phenoxy) is 8. The molecule has 0 aliphatic carbocycles. The van der Waals surface area contributed by atoms with Gasteiger partial charge >= 0.3 is 0 Å². The lowest BCUT2D eigenvalue weighted by atomic mass is 9.71. The highest BCUT2D eigenvalue weighted by Crippen LogP contribution is 2.58. The molecule has 4 aliphatic heterocycles. The number of rotatable bonds is 11. The maximum Gasteiger partial charge on any atom is 0.231 e. The van der Waals surface area contributed by atoms with E-state index in [4.69, 9.17) is 37.9 Å². The van der Waals surface area contributed by atoms with Gasteiger partial charge in [-0.1, -0.05) is 18.7 Å². The fraction of sp³-hybridized carbons (Fsp3) is 0.571. The van der Waals surface area contributed by atoms with Gasteiger partial charge in [0.2, 0.25) is 6.79 Å². The third-order valence-electron chi connectivity index (χ3n) is 9.99. The molecule has 0 amide bonds. The van der Waals surface area contributed by atoms with Crippen molar-refractivity contribution in [2.75, 3.05) is 55.2 Å². The molecule has 0 radical (unpaired) electrons. The van der Waals surface area contributed by atoms with Crippen LogP contribution in [0.4, 0.5) is 0 Å². The minimum Gasteiger partial charge on any atom is -0.493 e. The first-order valence-electron chi connectivity index (χ1n) is 15.7. The Morgan fingerprint density at radius 1 is 1.04 bits per heavy atom. The molecule has 0 aromatic heterocycles. The molecule has 0 N–H and O–H groups in total. The topological polar surface area (TPSA) is 104 Å². The highest BCUT2D eigenvalue weighted by Gasteiger charge is 2.57. The van der Waals surface area contributed by atoms with Gasteiger partial charge in [0.15, 0.2) is 35.6 Å². The van der Waals surface area contributed by atoms with Crippen LogP contribution in [-0.2, 0) is 27.1 Å². The van der Waals surface area contributed by atoms with E-state index in [2.05, 4.69) is 35.6 Å². The summed E-state index contributed by atoms with van der Waals surface area (Å²) in [6.07, 6.45) is 2.99. The van der Waals surface area contributed by atoms with Crippen LogP contribution in [0, 0.1) is 25.2 Å². The Kier molecular flexibility index (Phi) is 8.87. The standard InChI is InChI=1S/C35H45N3O8/c1-10-11-42-31-20(3)32-34(45-18-44-32)28-22(31)14-24-29-27-21(12-19(2)30(40-8)33(27)43-17-39-7)13-23(37(29)6)25(15-36)38(24)26(28)16-46-35(4,5)41-9/h10,12,23-26,29H,1,11,13-14,16-18H2,2-9H3/t23?,24?,25?,26-,29?/m0/s1. The summed E-state index contributed by atoms with van der Waals surface area (Å²) in [6, 6.07) is 3.67. The molecule has 1 fully saturated rings. The van der Waals surface area contributed by atoms with Gasteiger partial charge in [0, 0.05) is 48.6 Å². The van der Waals surface area contributed by atoms with E-state index in [1.54, 1.807) is 27.4 Å². The van der Waals surface area contributed by atoms with Crippen molar-refractivity contribution in [3.63, 3.8) is 0 Å². The molecular formula is C35H45N3O8. The van der Waals surface area contributed by atoms with E-state index in [0.717, 1.165) is 39.1 Å². The van der Waals surface area contributed by atoms with Crippen molar-refractivity contribution in [3.05, 3.63) is 52.1 Å². The van der Waals surface area contributed by atoms with Crippen molar-refractivity contribution in [1.82, 2.24) is 9.80 Å². The average Bonchev–Trinajstić information content (AvgIpc) is 3.53. The predicted octanol–water partition coefficient (Wildman–Crippen LogP) is 4.76. The van der Waals surface area contributed by atoms with Gasteiger partial charge in [-0.25, -0.2) is 0 Å². The maximum absolute atomic E-state index is 10.9. The van der Waals surface area contributed by atoms with Gasteiger partial charge in [-0.2, -0.15) is 5.26 Å². The first-order valence-corrected chi connectivity index (χ1v) is 15.7. The lowest BCUT2D eigenvalue weighted by Gasteiger charge is -2.60. The van der Waals surface area contributed by atoms with Crippen molar-refractivity contribution < 1.29 is 37.9 Å². The summed E-state index contributed by atoms with van der Waals surface area (Å²) in [5.41, 5.74) is 6.01. The number of piperazine rings is 1. The molecule has 4 heterocycles. The second kappa shape index (κ2) is 12.6. The zero-order chi connectivity index (χ0) is 32.9. The Hall–Kier alpha value is -3.53. The highest BCUT2D eigenvalue weighted by molar-refractivity contribution is 5.66. The number of nitriles is 1. The number of hydrogen-bond donors (Lipinski definition) is 0. The fourth-order valence-electron chi connectivity index (χ4n) is 7.90. The number of benzene rings is 2. The van der Waals surface area contributed by atoms with Gasteiger partial charge in [-0.3, -0.25) is 9.80 Å². The molecule has 4 aliphatic rings. The summed E-state index contributed by atoms with van der Waals surface area (Å²) >= 11 is 0. The quantitative estimate of drug-likeness (QED) is 0.252. The highest BCUT2D eigenvalue weighted by atomic mass is 16.7. The Morgan fingerprint density at radius 3 is 2.48 bits per heavy atom. The van der Waals surface area contributed by atoms with E-state index in [1.165, 1.54) is 0 Å². The van der Waals surface area contributed by atoms with E-state index in [0.29, 0.717) is 42.4 Å². The van der Waals surface area contributed by atoms with Crippen LogP contribution in [0.1, 0.15) is 59.3 Å². The number of nitrogens with zero attached hydrogens (tertiary/aromatic N) is 3. The van der Waals surface area contributed by atoms with Crippen molar-refractivity contribution in [2.24, 2.45) is 0 Å². The molecule has 11 heteroatoms. The second-order valence-corrected chi connectivity index (χ2v) is 12.8. The van der Waals surface area contributed by atoms with Crippen LogP contribution in [0.15, 0.2) is 18.7 Å². The van der Waals surface area contributed by atoms with Crippen molar-refractivity contribution in [2.45, 2.75) is 76.5 Å². The predicted molar refractivity (Wildman–Crippen MR) is 170 cm³/mol. The molecule has 6 rings (SSSR count). The van der Waals surface area contributed by atoms with Gasteiger partial charge in [0.05, 0.1) is 31.9 Å². The van der Waals surface area contributed by atoms with Gasteiger partial charge in [-0.05, 0) is 58.7 Å². The molecular weight excluding hydrogens is 590 g/mol. The molecule has 5 atom stereocenters. The van der Waals surface area contributed by atoms with Crippen molar-refractivity contribution in [1.29, 1.82) is 5.26 Å². The molecule has 0 spiro atoms.